The molecule has 52 heavy (non-hydrogen) atoms. The van der Waals surface area contributed by atoms with Gasteiger partial charge in [-0.2, -0.15) is 0 Å². The van der Waals surface area contributed by atoms with Crippen LogP contribution in [0.15, 0.2) is 30.3 Å². The predicted octanol–water partition coefficient (Wildman–Crippen LogP) is 4.00. The van der Waals surface area contributed by atoms with Crippen LogP contribution in [-0.4, -0.2) is 84.0 Å². The van der Waals surface area contributed by atoms with Crippen LogP contribution >= 0.6 is 0 Å². The lowest BCUT2D eigenvalue weighted by atomic mass is 9.71. The van der Waals surface area contributed by atoms with Gasteiger partial charge in [0.2, 0.25) is 23.5 Å². The van der Waals surface area contributed by atoms with Crippen molar-refractivity contribution in [1.82, 2.24) is 26.2 Å². The highest BCUT2D eigenvalue weighted by molar-refractivity contribution is 6.38. The van der Waals surface area contributed by atoms with E-state index in [9.17, 15) is 33.6 Å². The number of alkyl carbamates (subject to hydrolysis) is 1. The number of amides is 5. The first-order valence-electron chi connectivity index (χ1n) is 18.5. The quantitative estimate of drug-likeness (QED) is 0.185. The zero-order valence-corrected chi connectivity index (χ0v) is 32.1. The molecule has 4 N–H and O–H groups in total. The minimum absolute atomic E-state index is 0.111. The van der Waals surface area contributed by atoms with Crippen LogP contribution in [0.25, 0.3) is 0 Å². The first kappa shape index (κ1) is 42.1. The summed E-state index contributed by atoms with van der Waals surface area (Å²) in [5.41, 5.74) is 0.257. The molecule has 0 radical (unpaired) electrons. The van der Waals surface area contributed by atoms with Gasteiger partial charge in [-0.1, -0.05) is 85.2 Å². The van der Waals surface area contributed by atoms with Crippen LogP contribution in [0.3, 0.4) is 0 Å². The van der Waals surface area contributed by atoms with E-state index in [1.165, 1.54) is 11.8 Å². The predicted molar refractivity (Wildman–Crippen MR) is 196 cm³/mol. The Bertz CT molecular complexity index is 1450. The highest BCUT2D eigenvalue weighted by Gasteiger charge is 2.48. The van der Waals surface area contributed by atoms with Gasteiger partial charge in [-0.3, -0.25) is 28.8 Å². The van der Waals surface area contributed by atoms with Gasteiger partial charge in [0.15, 0.2) is 5.78 Å². The van der Waals surface area contributed by atoms with E-state index in [0.717, 1.165) is 25.7 Å². The highest BCUT2D eigenvalue weighted by atomic mass is 16.5. The van der Waals surface area contributed by atoms with Gasteiger partial charge < -0.3 is 30.9 Å². The second kappa shape index (κ2) is 18.5. The van der Waals surface area contributed by atoms with Crippen molar-refractivity contribution in [3.8, 4) is 0 Å². The fraction of sp³-hybridized carbons (Fsp3) is 0.667. The van der Waals surface area contributed by atoms with E-state index in [1.807, 2.05) is 27.7 Å². The average molecular weight is 726 g/mol. The van der Waals surface area contributed by atoms with Crippen molar-refractivity contribution in [2.24, 2.45) is 22.7 Å². The molecule has 1 aromatic carbocycles. The SMILES string of the molecule is CCCC(NC(=O)[C@@H]1CC(C)(C)CN1C(=O)[C@@H](NC(=O)OCC(C)C)C1CCC(C)(C)CC1)C(=O)C(=O)NCC(=O)N[C@H](C(C)=O)c1ccccc1. The second-order valence-corrected chi connectivity index (χ2v) is 16.4. The number of carbonyl (C=O) groups excluding carboxylic acids is 7. The Morgan fingerprint density at radius 1 is 0.904 bits per heavy atom. The summed E-state index contributed by atoms with van der Waals surface area (Å²) in [6.07, 6.45) is 3.46. The van der Waals surface area contributed by atoms with Gasteiger partial charge in [-0.15, -0.1) is 0 Å². The molecular formula is C39H59N5O8. The molecule has 1 saturated heterocycles. The monoisotopic (exact) mass is 725 g/mol. The lowest BCUT2D eigenvalue weighted by Crippen LogP contribution is -2.58. The van der Waals surface area contributed by atoms with E-state index in [1.54, 1.807) is 37.3 Å². The number of carbonyl (C=O) groups is 7. The molecule has 0 bridgehead atoms. The molecule has 1 aliphatic carbocycles. The topological polar surface area (TPSA) is 180 Å². The molecule has 288 valence electrons. The Hall–Kier alpha value is -4.29. The van der Waals surface area contributed by atoms with E-state index < -0.39 is 65.7 Å². The molecule has 13 nitrogen and oxygen atoms in total. The van der Waals surface area contributed by atoms with Crippen LogP contribution in [0.4, 0.5) is 4.79 Å². The van der Waals surface area contributed by atoms with E-state index in [2.05, 4.69) is 35.1 Å². The standard InChI is InChI=1S/C39H59N5O8/c1-9-13-28(33(47)35(49)40-21-30(46)42-31(25(4)45)26-14-11-10-12-15-26)41-34(48)29-20-39(7,8)23-44(29)36(50)32(43-37(51)52-22-24(2)3)27-16-18-38(5,6)19-17-27/h10-12,14-15,24,27-29,31-32H,9,13,16-23H2,1-8H3,(H,40,49)(H,41,48)(H,42,46)(H,43,51)/t28?,29-,31+,32-/m0/s1. The van der Waals surface area contributed by atoms with Gasteiger partial charge in [-0.25, -0.2) is 4.79 Å². The Kier molecular flexibility index (Phi) is 15.0. The van der Waals surface area contributed by atoms with Crippen LogP contribution in [0, 0.1) is 22.7 Å². The Balaban J connectivity index is 1.72. The lowest BCUT2D eigenvalue weighted by molar-refractivity contribution is -0.143. The van der Waals surface area contributed by atoms with Gasteiger partial charge in [0.25, 0.3) is 5.91 Å². The third-order valence-corrected chi connectivity index (χ3v) is 9.94. The maximum Gasteiger partial charge on any atom is 0.407 e. The van der Waals surface area contributed by atoms with Crippen molar-refractivity contribution in [1.29, 1.82) is 0 Å². The molecule has 3 rings (SSSR count). The molecule has 2 fully saturated rings. The lowest BCUT2D eigenvalue weighted by Gasteiger charge is -2.39. The largest absolute Gasteiger partial charge is 0.449 e. The summed E-state index contributed by atoms with van der Waals surface area (Å²) in [6.45, 7) is 15.2. The number of ketones is 2. The summed E-state index contributed by atoms with van der Waals surface area (Å²) in [7, 11) is 0. The zero-order valence-electron chi connectivity index (χ0n) is 32.1. The van der Waals surface area contributed by atoms with E-state index in [0.29, 0.717) is 18.4 Å². The number of ether oxygens (including phenoxy) is 1. The van der Waals surface area contributed by atoms with Gasteiger partial charge >= 0.3 is 6.09 Å². The first-order valence-corrected chi connectivity index (χ1v) is 18.5. The van der Waals surface area contributed by atoms with Gasteiger partial charge in [0.05, 0.1) is 19.2 Å². The second-order valence-electron chi connectivity index (χ2n) is 16.4. The minimum Gasteiger partial charge on any atom is -0.449 e. The van der Waals surface area contributed by atoms with Crippen LogP contribution < -0.4 is 21.3 Å². The number of hydrogen-bond acceptors (Lipinski definition) is 8. The van der Waals surface area contributed by atoms with E-state index in [4.69, 9.17) is 4.74 Å². The van der Waals surface area contributed by atoms with E-state index in [-0.39, 0.29) is 48.5 Å². The number of rotatable bonds is 16. The Morgan fingerprint density at radius 2 is 1.54 bits per heavy atom. The molecule has 1 unspecified atom stereocenters. The summed E-state index contributed by atoms with van der Waals surface area (Å²) in [5.74, 6) is -3.94. The number of hydrogen-bond donors (Lipinski definition) is 4. The van der Waals surface area contributed by atoms with Crippen LogP contribution in [0.1, 0.15) is 112 Å². The van der Waals surface area contributed by atoms with Crippen molar-refractivity contribution in [2.45, 2.75) is 125 Å². The molecule has 0 aromatic heterocycles. The summed E-state index contributed by atoms with van der Waals surface area (Å²) in [4.78, 5) is 93.9. The molecule has 4 atom stereocenters. The normalized spacial score (nSPS) is 19.9. The average Bonchev–Trinajstić information content (AvgIpc) is 3.42. The van der Waals surface area contributed by atoms with Crippen LogP contribution in [-0.2, 0) is 33.5 Å². The fourth-order valence-electron chi connectivity index (χ4n) is 6.97. The molecule has 1 aromatic rings. The molecule has 2 aliphatic rings. The summed E-state index contributed by atoms with van der Waals surface area (Å²) in [6, 6.07) is 4.69. The summed E-state index contributed by atoms with van der Waals surface area (Å²) < 4.78 is 5.39. The van der Waals surface area contributed by atoms with Gasteiger partial charge in [0.1, 0.15) is 18.1 Å². The third-order valence-electron chi connectivity index (χ3n) is 9.94. The van der Waals surface area contributed by atoms with Crippen molar-refractivity contribution < 1.29 is 38.3 Å². The smallest absolute Gasteiger partial charge is 0.407 e. The maximum absolute atomic E-state index is 14.4. The summed E-state index contributed by atoms with van der Waals surface area (Å²) >= 11 is 0. The minimum atomic E-state index is -1.20. The Morgan fingerprint density at radius 3 is 2.12 bits per heavy atom. The van der Waals surface area contributed by atoms with Gasteiger partial charge in [0, 0.05) is 6.54 Å². The number of Topliss-reactive ketones (excluding diaryl/α,β-unsaturated/α-hetero) is 2. The van der Waals surface area contributed by atoms with Crippen molar-refractivity contribution in [3.05, 3.63) is 35.9 Å². The molecule has 1 aliphatic heterocycles. The maximum atomic E-state index is 14.4. The van der Waals surface area contributed by atoms with Crippen molar-refractivity contribution in [2.75, 3.05) is 19.7 Å². The molecule has 1 heterocycles. The number of likely N-dealkylation sites (tertiary alicyclic amines) is 1. The van der Waals surface area contributed by atoms with Crippen molar-refractivity contribution >= 4 is 41.3 Å². The van der Waals surface area contributed by atoms with Crippen LogP contribution in [0.2, 0.25) is 0 Å². The van der Waals surface area contributed by atoms with E-state index >= 15 is 0 Å². The number of benzene rings is 1. The molecule has 13 heteroatoms. The first-order chi connectivity index (χ1) is 24.3. The molecule has 5 amide bonds. The highest BCUT2D eigenvalue weighted by Crippen LogP contribution is 2.41. The van der Waals surface area contributed by atoms with Gasteiger partial charge in [-0.05, 0) is 73.7 Å². The zero-order chi connectivity index (χ0) is 38.8. The molecular weight excluding hydrogens is 666 g/mol. The molecule has 0 spiro atoms. The number of nitrogens with one attached hydrogen (secondary N) is 4. The fourth-order valence-corrected chi connectivity index (χ4v) is 6.97. The number of nitrogens with zero attached hydrogens (tertiary/aromatic N) is 1. The molecule has 1 saturated carbocycles. The third kappa shape index (κ3) is 12.2. The Labute approximate surface area is 308 Å². The van der Waals surface area contributed by atoms with Crippen LogP contribution in [0.5, 0.6) is 0 Å². The summed E-state index contributed by atoms with van der Waals surface area (Å²) in [5, 5.41) is 10.4. The van der Waals surface area contributed by atoms with Crippen molar-refractivity contribution in [3.63, 3.8) is 0 Å².